The van der Waals surface area contributed by atoms with Crippen LogP contribution in [0.25, 0.3) is 21.5 Å². The predicted molar refractivity (Wildman–Crippen MR) is 434 cm³/mol. The topological polar surface area (TPSA) is 335 Å². The first-order valence-corrected chi connectivity index (χ1v) is 45.7. The Labute approximate surface area is 715 Å². The third-order valence-corrected chi connectivity index (χ3v) is 31.4. The van der Waals surface area contributed by atoms with E-state index in [1.54, 1.807) is 13.8 Å². The Hall–Kier alpha value is -8.64. The first-order valence-electron chi connectivity index (χ1n) is 42.7. The van der Waals surface area contributed by atoms with Gasteiger partial charge < -0.3 is 47.7 Å². The van der Waals surface area contributed by atoms with Gasteiger partial charge in [0.1, 0.15) is 57.8 Å². The van der Waals surface area contributed by atoms with Crippen molar-refractivity contribution in [3.8, 4) is 23.3 Å². The van der Waals surface area contributed by atoms with Gasteiger partial charge >= 0.3 is 24.3 Å². The summed E-state index contributed by atoms with van der Waals surface area (Å²) in [4.78, 5) is 126. The highest BCUT2D eigenvalue weighted by molar-refractivity contribution is 7.92. The van der Waals surface area contributed by atoms with Gasteiger partial charge in [-0.2, -0.15) is 26.3 Å². The summed E-state index contributed by atoms with van der Waals surface area (Å²) >= 11 is 0. The molecule has 0 radical (unpaired) electrons. The second kappa shape index (κ2) is 36.2. The fourth-order valence-corrected chi connectivity index (χ4v) is 21.9. The quantitative estimate of drug-likeness (QED) is 0.0471. The van der Waals surface area contributed by atoms with Gasteiger partial charge in [-0.1, -0.05) is 52.0 Å². The number of Topliss-reactive ketones (excluding diaryl/α,β-unsaturated/α-hetero) is 2. The van der Waals surface area contributed by atoms with Crippen LogP contribution in [-0.4, -0.2) is 196 Å². The molecule has 2 aromatic heterocycles. The molecule has 0 bridgehead atoms. The van der Waals surface area contributed by atoms with E-state index >= 15 is 9.59 Å². The lowest BCUT2D eigenvalue weighted by Gasteiger charge is -2.35. The number of alkyl halides is 8. The number of hydrogen-bond donors (Lipinski definition) is 2. The number of aromatic nitrogens is 2. The van der Waals surface area contributed by atoms with E-state index in [-0.39, 0.29) is 159 Å². The predicted octanol–water partition coefficient (Wildman–Crippen LogP) is 13.3. The summed E-state index contributed by atoms with van der Waals surface area (Å²) in [6.45, 7) is 10.1. The lowest BCUT2D eigenvalue weighted by atomic mass is 9.82. The SMILES string of the molecule is COc1ccc2c(O[C@@H]3C[C@H]4C(=O)C[C@]5(C(=O)NS(=O)(=O)C6(CF)CC6)C[C@H]5/C=C\CC[C@@H](C)C[C@@H](C)[C@H](CC(=O)OC5(C)CCCOC5)C(=O)N4C3)ncc(C(F)(F)F)c2c1.COc1ccc2c(O[C@@H]3C[C@H]4C(=O)C[C@]5(C(=O)NS(=O)(=O)C6(CF)CC6)C[C@H]5/C=C\CC[C@H](C)C[C@@H](C)[C@H](CC(=O)OC5(C)CCCOC5)C(=O)N4C3)ncc(C(F)(F)F)c2c1. The number of rotatable bonds is 20. The maximum Gasteiger partial charge on any atom is 0.418 e. The summed E-state index contributed by atoms with van der Waals surface area (Å²) in [6.07, 6.45) is 2.06. The Bertz CT molecular complexity index is 4720. The van der Waals surface area contributed by atoms with Crippen LogP contribution in [0.4, 0.5) is 35.1 Å². The van der Waals surface area contributed by atoms with E-state index in [2.05, 4.69) is 19.4 Å². The maximum absolute atomic E-state index is 15.0. The number of pyridine rings is 2. The molecule has 6 aliphatic heterocycles. The standard InChI is InChI=1S/2C44H55F4N3O10S/c2*1-26-8-5-6-9-28-20-43(28,40(55)50-62(56,57)42(24-45)13-14-42)21-36(52)35-18-30(60-38-31-11-10-29(58-4)17-33(31)34(22-49-38)44(46,47)48)23-51(35)39(54)32(27(2)16-26)19-37(53)61-41(3)12-7-15-59-25-41/h2*6,9-11,17,22,26-28,30,32,35H,5,7-8,12-16,18-21,23-25H2,1-4H3,(H,50,55)/b2*9-6-/t26-,27+,28+,30+,32-,35-,41?,43+;26-,27-,28-,30-,32+,35+,41?,43-/m01/s1. The molecule has 124 heavy (non-hydrogen) atoms. The highest BCUT2D eigenvalue weighted by Gasteiger charge is 2.66. The Balaban J connectivity index is 0.000000213. The molecule has 4 amide bonds. The van der Waals surface area contributed by atoms with Crippen LogP contribution < -0.4 is 28.4 Å². The van der Waals surface area contributed by atoms with Gasteiger partial charge in [0.25, 0.3) is 0 Å². The van der Waals surface area contributed by atoms with Crippen molar-refractivity contribution in [1.29, 1.82) is 0 Å². The summed E-state index contributed by atoms with van der Waals surface area (Å²) in [5.74, 6) is -8.87. The molecule has 0 spiro atoms. The van der Waals surface area contributed by atoms with Crippen LogP contribution in [0.15, 0.2) is 73.1 Å². The first-order chi connectivity index (χ1) is 58.5. The second-order valence-electron chi connectivity index (χ2n) is 36.9. The molecule has 10 aliphatic rings. The van der Waals surface area contributed by atoms with E-state index in [4.69, 9.17) is 37.9 Å². The number of nitrogens with zero attached hydrogens (tertiary/aromatic N) is 4. The minimum atomic E-state index is -4.76. The molecular weight excluding hydrogens is 1680 g/mol. The van der Waals surface area contributed by atoms with Crippen molar-refractivity contribution < 1.29 is 128 Å². The Kier molecular flexibility index (Phi) is 27.2. The number of amides is 4. The Morgan fingerprint density at radius 1 is 0.548 bits per heavy atom. The average Bonchev–Trinajstić information content (AvgIpc) is 1.56. The van der Waals surface area contributed by atoms with Gasteiger partial charge in [0.05, 0.1) is 99.2 Å². The molecule has 8 fully saturated rings. The summed E-state index contributed by atoms with van der Waals surface area (Å²) in [6, 6.07) is 5.63. The Morgan fingerprint density at radius 2 is 0.927 bits per heavy atom. The molecule has 4 saturated heterocycles. The van der Waals surface area contributed by atoms with Gasteiger partial charge in [0.2, 0.25) is 55.4 Å². The fourth-order valence-electron chi connectivity index (χ4n) is 19.0. The van der Waals surface area contributed by atoms with Gasteiger partial charge in [-0.05, 0) is 188 Å². The summed E-state index contributed by atoms with van der Waals surface area (Å²) in [7, 11) is -6.21. The lowest BCUT2D eigenvalue weighted by Crippen LogP contribution is -2.48. The van der Waals surface area contributed by atoms with E-state index in [9.17, 15) is 80.7 Å². The molecule has 4 aromatic rings. The van der Waals surface area contributed by atoms with Crippen molar-refractivity contribution in [2.75, 3.05) is 67.1 Å². The highest BCUT2D eigenvalue weighted by atomic mass is 32.2. The normalized spacial score (nSPS) is 32.1. The van der Waals surface area contributed by atoms with E-state index in [1.165, 1.54) is 60.4 Å². The molecule has 680 valence electrons. The van der Waals surface area contributed by atoms with Crippen molar-refractivity contribution >= 4 is 88.7 Å². The zero-order valence-electron chi connectivity index (χ0n) is 70.9. The number of methoxy groups -OCH3 is 2. The molecular formula is C88H110F8N6O20S2. The minimum absolute atomic E-state index is 0.0114. The number of fused-ring (bicyclic) bond motifs is 6. The first kappa shape index (κ1) is 93.0. The van der Waals surface area contributed by atoms with Crippen LogP contribution >= 0.6 is 0 Å². The van der Waals surface area contributed by atoms with Crippen LogP contribution in [0, 0.1) is 58.2 Å². The number of nitrogens with one attached hydrogen (secondary N) is 2. The number of carbonyl (C=O) groups excluding carboxylic acids is 8. The van der Waals surface area contributed by atoms with Crippen molar-refractivity contribution in [3.05, 3.63) is 84.2 Å². The van der Waals surface area contributed by atoms with Gasteiger partial charge in [-0.3, -0.25) is 47.8 Å². The number of sulfonamides is 2. The van der Waals surface area contributed by atoms with Gasteiger partial charge in [-0.25, -0.2) is 35.6 Å². The smallest absolute Gasteiger partial charge is 0.418 e. The van der Waals surface area contributed by atoms with Crippen LogP contribution in [0.2, 0.25) is 0 Å². The van der Waals surface area contributed by atoms with E-state index in [1.807, 2.05) is 52.0 Å². The van der Waals surface area contributed by atoms with Gasteiger partial charge in [0.15, 0.2) is 11.6 Å². The van der Waals surface area contributed by atoms with Crippen molar-refractivity contribution in [3.63, 3.8) is 0 Å². The zero-order chi connectivity index (χ0) is 89.7. The number of hydrogen-bond acceptors (Lipinski definition) is 22. The number of carbonyl (C=O) groups is 8. The van der Waals surface area contributed by atoms with Crippen LogP contribution in [0.3, 0.4) is 0 Å². The van der Waals surface area contributed by atoms with E-state index in [0.717, 1.165) is 0 Å². The zero-order valence-corrected chi connectivity index (χ0v) is 72.5. The minimum Gasteiger partial charge on any atom is -0.497 e. The number of ketones is 2. The third-order valence-electron chi connectivity index (χ3n) is 27.2. The van der Waals surface area contributed by atoms with Gasteiger partial charge in [-0.15, -0.1) is 0 Å². The monoisotopic (exact) mass is 1790 g/mol. The molecule has 4 aliphatic carbocycles. The van der Waals surface area contributed by atoms with Crippen LogP contribution in [-0.2, 0) is 89.7 Å². The molecule has 14 rings (SSSR count). The molecule has 2 unspecified atom stereocenters. The number of ether oxygens (including phenoxy) is 8. The molecule has 4 saturated carbocycles. The van der Waals surface area contributed by atoms with E-state index in [0.29, 0.717) is 89.8 Å². The highest BCUT2D eigenvalue weighted by Crippen LogP contribution is 2.60. The van der Waals surface area contributed by atoms with Crippen LogP contribution in [0.5, 0.6) is 23.3 Å². The van der Waals surface area contributed by atoms with Crippen LogP contribution in [0.1, 0.15) is 194 Å². The largest absolute Gasteiger partial charge is 0.497 e. The van der Waals surface area contributed by atoms with Crippen molar-refractivity contribution in [1.82, 2.24) is 29.2 Å². The summed E-state index contributed by atoms with van der Waals surface area (Å²) < 4.78 is 213. The molecule has 16 atom stereocenters. The second-order valence-corrected chi connectivity index (χ2v) is 41.0. The summed E-state index contributed by atoms with van der Waals surface area (Å²) in [5, 5.41) is -0.455. The molecule has 36 heteroatoms. The Morgan fingerprint density at radius 3 is 1.26 bits per heavy atom. The molecule has 8 heterocycles. The molecule has 2 aromatic carbocycles. The average molecular weight is 1790 g/mol. The molecule has 26 nitrogen and oxygen atoms in total. The van der Waals surface area contributed by atoms with E-state index < -0.39 is 196 Å². The third kappa shape index (κ3) is 20.0. The summed E-state index contributed by atoms with van der Waals surface area (Å²) in [5.41, 5.74) is -6.84. The number of esters is 2. The van der Waals surface area contributed by atoms with Gasteiger partial charge in [0, 0.05) is 72.8 Å². The number of benzene rings is 2. The molecule has 2 N–H and O–H groups in total. The maximum atomic E-state index is 15.0. The lowest BCUT2D eigenvalue weighted by molar-refractivity contribution is -0.174. The van der Waals surface area contributed by atoms with Crippen molar-refractivity contribution in [2.24, 2.45) is 58.2 Å². The van der Waals surface area contributed by atoms with Crippen molar-refractivity contribution in [2.45, 2.75) is 240 Å². The number of halogens is 8. The fraction of sp³-hybridized carbons (Fsp3) is 0.659. The number of allylic oxidation sites excluding steroid dienone is 4.